The van der Waals surface area contributed by atoms with Crippen LogP contribution in [0.2, 0.25) is 0 Å². The third kappa shape index (κ3) is 8.59. The number of unbranched alkanes of at least 4 members (excludes halogenated alkanes) is 4. The lowest BCUT2D eigenvalue weighted by Gasteiger charge is -2.39. The van der Waals surface area contributed by atoms with Crippen molar-refractivity contribution in [3.8, 4) is 0 Å². The van der Waals surface area contributed by atoms with Crippen LogP contribution in [-0.4, -0.2) is 70.8 Å². The van der Waals surface area contributed by atoms with Gasteiger partial charge in [0.05, 0.1) is 12.6 Å². The van der Waals surface area contributed by atoms with Crippen LogP contribution in [-0.2, 0) is 14.3 Å². The third-order valence-electron chi connectivity index (χ3n) is 3.65. The van der Waals surface area contributed by atoms with E-state index in [1.165, 1.54) is 26.4 Å². The predicted octanol–water partition coefficient (Wildman–Crippen LogP) is -0.169. The summed E-state index contributed by atoms with van der Waals surface area (Å²) in [4.78, 5) is 10.0. The van der Waals surface area contributed by atoms with Gasteiger partial charge in [0.15, 0.2) is 6.29 Å². The lowest BCUT2D eigenvalue weighted by Crippen LogP contribution is -2.62. The largest absolute Gasteiger partial charge is 0.481 e. The van der Waals surface area contributed by atoms with Gasteiger partial charge in [0.2, 0.25) is 0 Å². The first-order chi connectivity index (χ1) is 10.9. The van der Waals surface area contributed by atoms with Crippen molar-refractivity contribution in [2.24, 2.45) is 5.73 Å². The number of nitrogens with two attached hydrogens (primary N) is 1. The maximum atomic E-state index is 10.0. The SMILES string of the molecule is CCCCCCCC(=O)O.COC1O[C@H](CO)[C@@H](O)[C@H](O)[C@H]1N. The van der Waals surface area contributed by atoms with E-state index in [-0.39, 0.29) is 6.61 Å². The van der Waals surface area contributed by atoms with Crippen molar-refractivity contribution < 1.29 is 34.7 Å². The van der Waals surface area contributed by atoms with Crippen LogP contribution >= 0.6 is 0 Å². The van der Waals surface area contributed by atoms with Crippen LogP contribution < -0.4 is 5.73 Å². The molecule has 8 nitrogen and oxygen atoms in total. The summed E-state index contributed by atoms with van der Waals surface area (Å²) in [6.45, 7) is 1.77. The molecule has 0 saturated carbocycles. The first kappa shape index (κ1) is 22.2. The molecule has 0 spiro atoms. The summed E-state index contributed by atoms with van der Waals surface area (Å²) in [5.74, 6) is -0.670. The maximum absolute atomic E-state index is 10.0. The standard InChI is InChI=1S/C8H16O2.C7H15NO5/c1-2-3-4-5-6-7-8(9)10;1-12-7-4(8)6(11)5(10)3(2-9)13-7/h2-7H2,1H3,(H,9,10);3-7,9-11H,2,8H2,1H3/t;3-,4-,5-,6-,7?/m.1/s1. The molecule has 1 aliphatic heterocycles. The van der Waals surface area contributed by atoms with E-state index in [4.69, 9.17) is 25.4 Å². The fraction of sp³-hybridized carbons (Fsp3) is 0.933. The Morgan fingerprint density at radius 2 is 1.78 bits per heavy atom. The molecular formula is C15H31NO7. The highest BCUT2D eigenvalue weighted by Gasteiger charge is 2.42. The molecule has 0 amide bonds. The van der Waals surface area contributed by atoms with Gasteiger partial charge in [-0.1, -0.05) is 32.6 Å². The lowest BCUT2D eigenvalue weighted by molar-refractivity contribution is -0.257. The van der Waals surface area contributed by atoms with Crippen molar-refractivity contribution in [2.75, 3.05) is 13.7 Å². The fourth-order valence-electron chi connectivity index (χ4n) is 2.20. The number of aliphatic carboxylic acids is 1. The molecule has 8 heteroatoms. The Bertz CT molecular complexity index is 296. The molecule has 6 N–H and O–H groups in total. The van der Waals surface area contributed by atoms with Crippen LogP contribution in [0.4, 0.5) is 0 Å². The Hall–Kier alpha value is -0.770. The van der Waals surface area contributed by atoms with Crippen molar-refractivity contribution in [3.05, 3.63) is 0 Å². The molecule has 1 unspecified atom stereocenters. The predicted molar refractivity (Wildman–Crippen MR) is 83.8 cm³/mol. The number of rotatable bonds is 8. The summed E-state index contributed by atoms with van der Waals surface area (Å²) in [7, 11) is 1.38. The summed E-state index contributed by atoms with van der Waals surface area (Å²) >= 11 is 0. The fourth-order valence-corrected chi connectivity index (χ4v) is 2.20. The highest BCUT2D eigenvalue weighted by molar-refractivity contribution is 5.66. The number of hydrogen-bond donors (Lipinski definition) is 5. The van der Waals surface area contributed by atoms with E-state index in [9.17, 15) is 15.0 Å². The van der Waals surface area contributed by atoms with E-state index < -0.39 is 36.6 Å². The zero-order valence-corrected chi connectivity index (χ0v) is 13.9. The van der Waals surface area contributed by atoms with Crippen LogP contribution in [0.15, 0.2) is 0 Å². The number of aliphatic hydroxyl groups excluding tert-OH is 3. The van der Waals surface area contributed by atoms with Gasteiger partial charge in [0.1, 0.15) is 18.3 Å². The summed E-state index contributed by atoms with van der Waals surface area (Å²) in [6.07, 6.45) is 1.92. The molecule has 0 aromatic heterocycles. The van der Waals surface area contributed by atoms with Crippen molar-refractivity contribution >= 4 is 5.97 Å². The van der Waals surface area contributed by atoms with Crippen LogP contribution in [0.25, 0.3) is 0 Å². The number of ether oxygens (including phenoxy) is 2. The van der Waals surface area contributed by atoms with Crippen molar-refractivity contribution in [2.45, 2.75) is 76.1 Å². The summed E-state index contributed by atoms with van der Waals surface area (Å²) in [5, 5.41) is 35.8. The molecule has 1 heterocycles. The second-order valence-corrected chi connectivity index (χ2v) is 5.58. The van der Waals surface area contributed by atoms with Gasteiger partial charge in [-0.25, -0.2) is 0 Å². The minimum atomic E-state index is -1.17. The molecule has 1 aliphatic rings. The van der Waals surface area contributed by atoms with Gasteiger partial charge in [-0.15, -0.1) is 0 Å². The first-order valence-corrected chi connectivity index (χ1v) is 8.01. The van der Waals surface area contributed by atoms with Crippen LogP contribution in [0.5, 0.6) is 0 Å². The van der Waals surface area contributed by atoms with Gasteiger partial charge in [0.25, 0.3) is 0 Å². The Labute approximate surface area is 137 Å². The number of carboxylic acid groups (broad SMARTS) is 1. The normalized spacial score (nSPS) is 30.4. The van der Waals surface area contributed by atoms with Crippen LogP contribution in [0, 0.1) is 0 Å². The molecule has 0 radical (unpaired) electrons. The average Bonchev–Trinajstić information content (AvgIpc) is 2.53. The molecule has 1 rings (SSSR count). The molecule has 23 heavy (non-hydrogen) atoms. The topological polar surface area (TPSA) is 142 Å². The van der Waals surface area contributed by atoms with Crippen molar-refractivity contribution in [1.82, 2.24) is 0 Å². The average molecular weight is 337 g/mol. The Kier molecular flexibility index (Phi) is 12.2. The number of carbonyl (C=O) groups is 1. The molecule has 0 aromatic rings. The van der Waals surface area contributed by atoms with E-state index in [0.717, 1.165) is 12.8 Å². The van der Waals surface area contributed by atoms with Gasteiger partial charge in [0, 0.05) is 13.5 Å². The van der Waals surface area contributed by atoms with E-state index in [0.29, 0.717) is 6.42 Å². The summed E-state index contributed by atoms with van der Waals surface area (Å²) in [5.41, 5.74) is 5.50. The van der Waals surface area contributed by atoms with E-state index >= 15 is 0 Å². The van der Waals surface area contributed by atoms with E-state index in [1.807, 2.05) is 0 Å². The zero-order valence-electron chi connectivity index (χ0n) is 13.9. The van der Waals surface area contributed by atoms with Gasteiger partial charge >= 0.3 is 5.97 Å². The maximum Gasteiger partial charge on any atom is 0.303 e. The van der Waals surface area contributed by atoms with Gasteiger partial charge in [-0.3, -0.25) is 4.79 Å². The van der Waals surface area contributed by atoms with E-state index in [2.05, 4.69) is 6.92 Å². The van der Waals surface area contributed by atoms with Gasteiger partial charge in [-0.2, -0.15) is 0 Å². The Morgan fingerprint density at radius 3 is 2.26 bits per heavy atom. The van der Waals surface area contributed by atoms with Gasteiger partial charge < -0.3 is 35.6 Å². The second-order valence-electron chi connectivity index (χ2n) is 5.58. The zero-order chi connectivity index (χ0) is 17.8. The Balaban J connectivity index is 0.000000438. The number of hydrogen-bond acceptors (Lipinski definition) is 7. The lowest BCUT2D eigenvalue weighted by atomic mass is 9.98. The summed E-state index contributed by atoms with van der Waals surface area (Å²) < 4.78 is 9.90. The highest BCUT2D eigenvalue weighted by atomic mass is 16.7. The van der Waals surface area contributed by atoms with Crippen LogP contribution in [0.1, 0.15) is 45.4 Å². The minimum absolute atomic E-state index is 0.337. The summed E-state index contributed by atoms with van der Waals surface area (Å²) in [6, 6.07) is -0.803. The molecule has 0 aromatic carbocycles. The molecule has 0 aliphatic carbocycles. The molecule has 1 fully saturated rings. The van der Waals surface area contributed by atoms with Crippen molar-refractivity contribution in [3.63, 3.8) is 0 Å². The minimum Gasteiger partial charge on any atom is -0.481 e. The highest BCUT2D eigenvalue weighted by Crippen LogP contribution is 2.19. The molecule has 0 bridgehead atoms. The number of carboxylic acids is 1. The monoisotopic (exact) mass is 337 g/mol. The molecule has 138 valence electrons. The van der Waals surface area contributed by atoms with Crippen LogP contribution in [0.3, 0.4) is 0 Å². The van der Waals surface area contributed by atoms with Gasteiger partial charge in [-0.05, 0) is 6.42 Å². The number of methoxy groups -OCH3 is 1. The quantitative estimate of drug-likeness (QED) is 0.384. The molecule has 5 atom stereocenters. The van der Waals surface area contributed by atoms with Crippen molar-refractivity contribution in [1.29, 1.82) is 0 Å². The molecule has 1 saturated heterocycles. The second kappa shape index (κ2) is 12.6. The van der Waals surface area contributed by atoms with E-state index in [1.54, 1.807) is 0 Å². The Morgan fingerprint density at radius 1 is 1.17 bits per heavy atom. The number of aliphatic hydroxyl groups is 3. The third-order valence-corrected chi connectivity index (χ3v) is 3.65. The smallest absolute Gasteiger partial charge is 0.303 e. The molecular weight excluding hydrogens is 306 g/mol. The first-order valence-electron chi connectivity index (χ1n) is 8.01.